The number of amides is 1. The highest BCUT2D eigenvalue weighted by molar-refractivity contribution is 7.92. The Bertz CT molecular complexity index is 1480. The first-order valence-electron chi connectivity index (χ1n) is 10.5. The van der Waals surface area contributed by atoms with Crippen LogP contribution in [-0.4, -0.2) is 45.9 Å². The molecule has 36 heavy (non-hydrogen) atoms. The lowest BCUT2D eigenvalue weighted by Gasteiger charge is -2.12. The Balaban J connectivity index is 1.54. The number of para-hydroxylation sites is 1. The average molecular weight is 511 g/mol. The molecule has 0 radical (unpaired) electrons. The molecule has 4 aromatic rings. The van der Waals surface area contributed by atoms with Crippen molar-refractivity contribution in [2.45, 2.75) is 4.90 Å². The minimum absolute atomic E-state index is 0.00786. The maximum atomic E-state index is 13.0. The first-order chi connectivity index (χ1) is 17.3. The molecule has 0 atom stereocenters. The van der Waals surface area contributed by atoms with E-state index in [0.29, 0.717) is 22.8 Å². The molecular weight excluding hydrogens is 488 g/mol. The molecular formula is C24H22N4O7S. The number of carbonyl (C=O) groups is 1. The molecule has 0 saturated carbocycles. The molecule has 1 aromatic heterocycles. The van der Waals surface area contributed by atoms with E-state index in [9.17, 15) is 13.2 Å². The standard InChI is InChI=1S/C24H22N4O7S/c1-32-15-8-11-17(12-9-15)36(30,31)28-20-7-5-4-6-18(20)22(29)25-24-27-26-23(35-24)19-13-10-16(33-2)14-21(19)34-3/h4-14,28H,1-3H3,(H,25,27,29). The Morgan fingerprint density at radius 1 is 0.861 bits per heavy atom. The van der Waals surface area contributed by atoms with Gasteiger partial charge in [0.1, 0.15) is 17.2 Å². The summed E-state index contributed by atoms with van der Waals surface area (Å²) in [4.78, 5) is 13.0. The van der Waals surface area contributed by atoms with Crippen LogP contribution in [0.15, 0.2) is 76.0 Å². The molecule has 0 unspecified atom stereocenters. The summed E-state index contributed by atoms with van der Waals surface area (Å²) in [6.07, 6.45) is 0. The van der Waals surface area contributed by atoms with E-state index in [4.69, 9.17) is 18.6 Å². The van der Waals surface area contributed by atoms with Gasteiger partial charge in [0.2, 0.25) is 0 Å². The molecule has 0 spiro atoms. The summed E-state index contributed by atoms with van der Waals surface area (Å²) < 4.78 is 49.3. The number of hydrogen-bond acceptors (Lipinski definition) is 9. The molecule has 0 bridgehead atoms. The zero-order valence-corrected chi connectivity index (χ0v) is 20.3. The van der Waals surface area contributed by atoms with Crippen molar-refractivity contribution < 1.29 is 31.8 Å². The van der Waals surface area contributed by atoms with Crippen molar-refractivity contribution in [3.8, 4) is 28.7 Å². The van der Waals surface area contributed by atoms with E-state index in [1.54, 1.807) is 30.3 Å². The molecule has 3 aromatic carbocycles. The maximum absolute atomic E-state index is 13.0. The van der Waals surface area contributed by atoms with Crippen LogP contribution in [0.5, 0.6) is 17.2 Å². The second-order valence-electron chi connectivity index (χ2n) is 7.26. The molecule has 12 heteroatoms. The lowest BCUT2D eigenvalue weighted by atomic mass is 10.2. The summed E-state index contributed by atoms with van der Waals surface area (Å²) in [7, 11) is 0.528. The molecule has 11 nitrogen and oxygen atoms in total. The summed E-state index contributed by atoms with van der Waals surface area (Å²) in [5.74, 6) is 0.990. The van der Waals surface area contributed by atoms with Crippen molar-refractivity contribution in [1.82, 2.24) is 10.2 Å². The van der Waals surface area contributed by atoms with Crippen LogP contribution in [0.4, 0.5) is 11.7 Å². The number of hydrogen-bond donors (Lipinski definition) is 2. The fourth-order valence-corrected chi connectivity index (χ4v) is 4.33. The van der Waals surface area contributed by atoms with E-state index in [1.807, 2.05) is 0 Å². The number of ether oxygens (including phenoxy) is 3. The Kier molecular flexibility index (Phi) is 7.06. The highest BCUT2D eigenvalue weighted by Gasteiger charge is 2.21. The van der Waals surface area contributed by atoms with E-state index >= 15 is 0 Å². The number of carbonyl (C=O) groups excluding carboxylic acids is 1. The predicted octanol–water partition coefficient (Wildman–Crippen LogP) is 3.82. The lowest BCUT2D eigenvalue weighted by Crippen LogP contribution is -2.18. The van der Waals surface area contributed by atoms with E-state index in [0.717, 1.165) is 0 Å². The quantitative estimate of drug-likeness (QED) is 0.344. The zero-order valence-electron chi connectivity index (χ0n) is 19.5. The van der Waals surface area contributed by atoms with Crippen molar-refractivity contribution >= 4 is 27.6 Å². The SMILES string of the molecule is COc1ccc(S(=O)(=O)Nc2ccccc2C(=O)Nc2nnc(-c3ccc(OC)cc3OC)o2)cc1. The van der Waals surface area contributed by atoms with Gasteiger partial charge in [-0.3, -0.25) is 14.8 Å². The van der Waals surface area contributed by atoms with Gasteiger partial charge in [0.25, 0.3) is 21.8 Å². The number of aromatic nitrogens is 2. The Hall–Kier alpha value is -4.58. The van der Waals surface area contributed by atoms with E-state index in [2.05, 4.69) is 20.2 Å². The van der Waals surface area contributed by atoms with Gasteiger partial charge in [0.15, 0.2) is 0 Å². The highest BCUT2D eigenvalue weighted by atomic mass is 32.2. The lowest BCUT2D eigenvalue weighted by molar-refractivity contribution is 0.102. The Morgan fingerprint density at radius 2 is 1.56 bits per heavy atom. The van der Waals surface area contributed by atoms with E-state index in [-0.39, 0.29) is 28.1 Å². The fourth-order valence-electron chi connectivity index (χ4n) is 3.25. The van der Waals surface area contributed by atoms with E-state index in [1.165, 1.54) is 57.7 Å². The predicted molar refractivity (Wildman–Crippen MR) is 131 cm³/mol. The van der Waals surface area contributed by atoms with Gasteiger partial charge in [-0.05, 0) is 48.5 Å². The van der Waals surface area contributed by atoms with E-state index < -0.39 is 15.9 Å². The third-order valence-electron chi connectivity index (χ3n) is 5.07. The first kappa shape index (κ1) is 24.5. The Labute approximate surface area is 207 Å². The van der Waals surface area contributed by atoms with Gasteiger partial charge in [0.05, 0.1) is 43.0 Å². The topological polar surface area (TPSA) is 142 Å². The Morgan fingerprint density at radius 3 is 2.25 bits per heavy atom. The third-order valence-corrected chi connectivity index (χ3v) is 6.45. The number of sulfonamides is 1. The maximum Gasteiger partial charge on any atom is 0.322 e. The smallest absolute Gasteiger partial charge is 0.322 e. The van der Waals surface area contributed by atoms with Gasteiger partial charge in [-0.2, -0.15) is 0 Å². The number of rotatable bonds is 9. The third kappa shape index (κ3) is 5.23. The number of nitrogens with one attached hydrogen (secondary N) is 2. The second kappa shape index (κ2) is 10.4. The van der Waals surface area contributed by atoms with Crippen molar-refractivity contribution in [3.63, 3.8) is 0 Å². The van der Waals surface area contributed by atoms with Crippen LogP contribution in [0.2, 0.25) is 0 Å². The van der Waals surface area contributed by atoms with Gasteiger partial charge < -0.3 is 18.6 Å². The van der Waals surface area contributed by atoms with Crippen LogP contribution < -0.4 is 24.2 Å². The van der Waals surface area contributed by atoms with Gasteiger partial charge in [-0.25, -0.2) is 8.42 Å². The van der Waals surface area contributed by atoms with Crippen LogP contribution in [0.1, 0.15) is 10.4 Å². The summed E-state index contributed by atoms with van der Waals surface area (Å²) in [5.41, 5.74) is 0.623. The number of anilines is 2. The van der Waals surface area contributed by atoms with Gasteiger partial charge in [-0.15, -0.1) is 5.10 Å². The average Bonchev–Trinajstić information content (AvgIpc) is 3.36. The van der Waals surface area contributed by atoms with Crippen LogP contribution in [-0.2, 0) is 10.0 Å². The molecule has 2 N–H and O–H groups in total. The summed E-state index contributed by atoms with van der Waals surface area (Å²) in [6, 6.07) is 16.8. The van der Waals surface area contributed by atoms with Crippen molar-refractivity contribution in [2.24, 2.45) is 0 Å². The van der Waals surface area contributed by atoms with Crippen LogP contribution in [0, 0.1) is 0 Å². The fraction of sp³-hybridized carbons (Fsp3) is 0.125. The largest absolute Gasteiger partial charge is 0.497 e. The van der Waals surface area contributed by atoms with Crippen LogP contribution in [0.3, 0.4) is 0 Å². The summed E-state index contributed by atoms with van der Waals surface area (Å²) in [6.45, 7) is 0. The second-order valence-corrected chi connectivity index (χ2v) is 8.94. The summed E-state index contributed by atoms with van der Waals surface area (Å²) >= 11 is 0. The molecule has 0 aliphatic rings. The molecule has 0 saturated heterocycles. The van der Waals surface area contributed by atoms with Crippen molar-refractivity contribution in [1.29, 1.82) is 0 Å². The van der Waals surface area contributed by atoms with Crippen molar-refractivity contribution in [2.75, 3.05) is 31.4 Å². The minimum Gasteiger partial charge on any atom is -0.497 e. The molecule has 1 heterocycles. The molecule has 0 aliphatic heterocycles. The van der Waals surface area contributed by atoms with Crippen LogP contribution in [0.25, 0.3) is 11.5 Å². The molecule has 4 rings (SSSR count). The normalized spacial score (nSPS) is 11.0. The number of methoxy groups -OCH3 is 3. The van der Waals surface area contributed by atoms with Gasteiger partial charge in [0, 0.05) is 6.07 Å². The highest BCUT2D eigenvalue weighted by Crippen LogP contribution is 2.33. The van der Waals surface area contributed by atoms with Gasteiger partial charge >= 0.3 is 6.01 Å². The van der Waals surface area contributed by atoms with Gasteiger partial charge in [-0.1, -0.05) is 17.2 Å². The monoisotopic (exact) mass is 510 g/mol. The van der Waals surface area contributed by atoms with Crippen molar-refractivity contribution in [3.05, 3.63) is 72.3 Å². The number of nitrogens with zero attached hydrogens (tertiary/aromatic N) is 2. The first-order valence-corrected chi connectivity index (χ1v) is 12.0. The number of benzene rings is 3. The molecule has 0 aliphatic carbocycles. The zero-order chi connectivity index (χ0) is 25.7. The summed E-state index contributed by atoms with van der Waals surface area (Å²) in [5, 5.41) is 10.3. The molecule has 186 valence electrons. The molecule has 1 amide bonds. The van der Waals surface area contributed by atoms with Crippen LogP contribution >= 0.6 is 0 Å². The molecule has 0 fully saturated rings. The minimum atomic E-state index is -3.97.